The molecule has 0 saturated carbocycles. The van der Waals surface area contributed by atoms with Crippen molar-refractivity contribution in [3.05, 3.63) is 30.5 Å². The summed E-state index contributed by atoms with van der Waals surface area (Å²) in [4.78, 5) is 15.1. The van der Waals surface area contributed by atoms with Crippen molar-refractivity contribution >= 4 is 16.0 Å². The van der Waals surface area contributed by atoms with Gasteiger partial charge in [0.25, 0.3) is 10.0 Å². The molecule has 0 spiro atoms. The van der Waals surface area contributed by atoms with Crippen LogP contribution in [0.25, 0.3) is 0 Å². The van der Waals surface area contributed by atoms with E-state index in [1.807, 2.05) is 6.92 Å². The van der Waals surface area contributed by atoms with E-state index in [9.17, 15) is 18.3 Å². The lowest BCUT2D eigenvalue weighted by Gasteiger charge is -2.11. The Balaban J connectivity index is 2.29. The number of carboxylic acids is 1. The second-order valence-electron chi connectivity index (χ2n) is 4.38. The van der Waals surface area contributed by atoms with Crippen LogP contribution in [0, 0.1) is 0 Å². The average Bonchev–Trinajstić information content (AvgIpc) is 3.04. The molecule has 0 aromatic carbocycles. The summed E-state index contributed by atoms with van der Waals surface area (Å²) in [5, 5.41) is 12.8. The number of nitrogens with zero attached hydrogens (tertiary/aromatic N) is 4. The zero-order valence-corrected chi connectivity index (χ0v) is 12.3. The summed E-state index contributed by atoms with van der Waals surface area (Å²) < 4.78 is 29.4. The highest BCUT2D eigenvalue weighted by Crippen LogP contribution is 2.16. The molecule has 2 aromatic rings. The SMILES string of the molecule is CCn1cnc(S(=O)(=O)NC(C(=O)O)c2cnn(C)c2)c1. The van der Waals surface area contributed by atoms with Gasteiger partial charge in [-0.05, 0) is 6.92 Å². The Morgan fingerprint density at radius 2 is 2.19 bits per heavy atom. The maximum atomic E-state index is 12.2. The highest BCUT2D eigenvalue weighted by Gasteiger charge is 2.29. The molecule has 2 rings (SSSR count). The molecule has 0 fully saturated rings. The van der Waals surface area contributed by atoms with Crippen LogP contribution in [0.3, 0.4) is 0 Å². The van der Waals surface area contributed by atoms with Gasteiger partial charge in [0.15, 0.2) is 5.03 Å². The van der Waals surface area contributed by atoms with Crippen molar-refractivity contribution in [2.45, 2.75) is 24.5 Å². The fourth-order valence-electron chi connectivity index (χ4n) is 1.72. The van der Waals surface area contributed by atoms with Crippen LogP contribution in [-0.2, 0) is 28.4 Å². The summed E-state index contributed by atoms with van der Waals surface area (Å²) in [5.74, 6) is -1.32. The molecule has 2 N–H and O–H groups in total. The Hall–Kier alpha value is -2.20. The van der Waals surface area contributed by atoms with Crippen LogP contribution < -0.4 is 4.72 Å². The molecule has 21 heavy (non-hydrogen) atoms. The van der Waals surface area contributed by atoms with E-state index in [2.05, 4.69) is 14.8 Å². The number of carboxylic acid groups (broad SMARTS) is 1. The molecular weight excluding hydrogens is 298 g/mol. The van der Waals surface area contributed by atoms with E-state index in [1.54, 1.807) is 11.6 Å². The van der Waals surface area contributed by atoms with Crippen LogP contribution in [-0.4, -0.2) is 38.8 Å². The molecule has 0 bridgehead atoms. The van der Waals surface area contributed by atoms with E-state index < -0.39 is 22.0 Å². The van der Waals surface area contributed by atoms with Crippen LogP contribution in [0.1, 0.15) is 18.5 Å². The fourth-order valence-corrected chi connectivity index (χ4v) is 2.85. The number of rotatable bonds is 6. The molecule has 0 saturated heterocycles. The average molecular weight is 313 g/mol. The van der Waals surface area contributed by atoms with E-state index in [-0.39, 0.29) is 10.6 Å². The first-order chi connectivity index (χ1) is 9.83. The molecule has 0 amide bonds. The molecule has 1 atom stereocenters. The highest BCUT2D eigenvalue weighted by molar-refractivity contribution is 7.89. The summed E-state index contributed by atoms with van der Waals surface area (Å²) in [7, 11) is -2.42. The van der Waals surface area contributed by atoms with Crippen molar-refractivity contribution in [3.8, 4) is 0 Å². The van der Waals surface area contributed by atoms with E-state index in [1.165, 1.54) is 29.6 Å². The molecule has 114 valence electrons. The Morgan fingerprint density at radius 3 is 2.67 bits per heavy atom. The van der Waals surface area contributed by atoms with Crippen LogP contribution in [0.2, 0.25) is 0 Å². The van der Waals surface area contributed by atoms with Gasteiger partial charge in [-0.3, -0.25) is 9.48 Å². The summed E-state index contributed by atoms with van der Waals surface area (Å²) in [6, 6.07) is -1.42. The lowest BCUT2D eigenvalue weighted by atomic mass is 10.2. The van der Waals surface area contributed by atoms with Gasteiger partial charge in [0.2, 0.25) is 0 Å². The molecule has 10 heteroatoms. The van der Waals surface area contributed by atoms with E-state index in [0.29, 0.717) is 6.54 Å². The van der Waals surface area contributed by atoms with Crippen molar-refractivity contribution in [2.24, 2.45) is 7.05 Å². The fraction of sp³-hybridized carbons (Fsp3) is 0.364. The van der Waals surface area contributed by atoms with Gasteiger partial charge in [0, 0.05) is 31.5 Å². The third-order valence-electron chi connectivity index (χ3n) is 2.83. The summed E-state index contributed by atoms with van der Waals surface area (Å²) >= 11 is 0. The molecular formula is C11H15N5O4S. The second kappa shape index (κ2) is 5.66. The molecule has 0 aliphatic heterocycles. The van der Waals surface area contributed by atoms with Crippen molar-refractivity contribution in [3.63, 3.8) is 0 Å². The van der Waals surface area contributed by atoms with Crippen molar-refractivity contribution in [1.82, 2.24) is 24.1 Å². The van der Waals surface area contributed by atoms with Crippen LogP contribution in [0.5, 0.6) is 0 Å². The minimum absolute atomic E-state index is 0.223. The van der Waals surface area contributed by atoms with Gasteiger partial charge in [0.05, 0.1) is 12.5 Å². The van der Waals surface area contributed by atoms with Gasteiger partial charge in [-0.15, -0.1) is 0 Å². The van der Waals surface area contributed by atoms with Crippen molar-refractivity contribution < 1.29 is 18.3 Å². The maximum absolute atomic E-state index is 12.2. The normalized spacial score (nSPS) is 13.2. The Kier molecular flexibility index (Phi) is 4.09. The molecule has 0 radical (unpaired) electrons. The Labute approximate surface area is 121 Å². The number of hydrogen-bond donors (Lipinski definition) is 2. The van der Waals surface area contributed by atoms with Gasteiger partial charge in [0.1, 0.15) is 6.04 Å². The number of nitrogens with one attached hydrogen (secondary N) is 1. The number of aliphatic carboxylic acids is 1. The third-order valence-corrected chi connectivity index (χ3v) is 4.14. The highest BCUT2D eigenvalue weighted by atomic mass is 32.2. The third kappa shape index (κ3) is 3.28. The van der Waals surface area contributed by atoms with Gasteiger partial charge in [-0.1, -0.05) is 0 Å². The number of aromatic nitrogens is 4. The first-order valence-electron chi connectivity index (χ1n) is 6.09. The molecule has 2 aromatic heterocycles. The number of sulfonamides is 1. The smallest absolute Gasteiger partial charge is 0.326 e. The quantitative estimate of drug-likeness (QED) is 0.758. The van der Waals surface area contributed by atoms with Gasteiger partial charge < -0.3 is 9.67 Å². The monoisotopic (exact) mass is 313 g/mol. The van der Waals surface area contributed by atoms with Crippen LogP contribution in [0.4, 0.5) is 0 Å². The zero-order chi connectivity index (χ0) is 15.6. The predicted octanol–water partition coefficient (Wildman–Crippen LogP) is -0.259. The van der Waals surface area contributed by atoms with Crippen molar-refractivity contribution in [1.29, 1.82) is 0 Å². The Morgan fingerprint density at radius 1 is 1.48 bits per heavy atom. The molecule has 9 nitrogen and oxygen atoms in total. The largest absolute Gasteiger partial charge is 0.480 e. The van der Waals surface area contributed by atoms with Crippen LogP contribution >= 0.6 is 0 Å². The zero-order valence-electron chi connectivity index (χ0n) is 11.5. The topological polar surface area (TPSA) is 119 Å². The number of imidazole rings is 1. The maximum Gasteiger partial charge on any atom is 0.326 e. The molecule has 1 unspecified atom stereocenters. The second-order valence-corrected chi connectivity index (χ2v) is 6.04. The molecule has 2 heterocycles. The Bertz CT molecular complexity index is 748. The van der Waals surface area contributed by atoms with Gasteiger partial charge >= 0.3 is 5.97 Å². The predicted molar refractivity (Wildman–Crippen MR) is 71.8 cm³/mol. The summed E-state index contributed by atoms with van der Waals surface area (Å²) in [6.45, 7) is 2.40. The molecule has 0 aliphatic carbocycles. The number of carbonyl (C=O) groups is 1. The summed E-state index contributed by atoms with van der Waals surface area (Å²) in [5.41, 5.74) is 0.239. The first kappa shape index (κ1) is 15.2. The summed E-state index contributed by atoms with van der Waals surface area (Å²) in [6.07, 6.45) is 5.44. The first-order valence-corrected chi connectivity index (χ1v) is 7.57. The van der Waals surface area contributed by atoms with Crippen LogP contribution in [0.15, 0.2) is 29.9 Å². The minimum atomic E-state index is -4.03. The lowest BCUT2D eigenvalue weighted by Crippen LogP contribution is -2.33. The minimum Gasteiger partial charge on any atom is -0.480 e. The van der Waals surface area contributed by atoms with E-state index >= 15 is 0 Å². The lowest BCUT2D eigenvalue weighted by molar-refractivity contribution is -0.139. The van der Waals surface area contributed by atoms with E-state index in [4.69, 9.17) is 0 Å². The standard InChI is InChI=1S/C11H15N5O4S/c1-3-16-6-9(12-7-16)21(19,20)14-10(11(17)18)8-4-13-15(2)5-8/h4-7,10,14H,3H2,1-2H3,(H,17,18). The number of aryl methyl sites for hydroxylation is 2. The molecule has 0 aliphatic rings. The number of hydrogen-bond acceptors (Lipinski definition) is 5. The van der Waals surface area contributed by atoms with Crippen molar-refractivity contribution in [2.75, 3.05) is 0 Å². The van der Waals surface area contributed by atoms with E-state index in [0.717, 1.165) is 0 Å². The van der Waals surface area contributed by atoms with Gasteiger partial charge in [-0.2, -0.15) is 9.82 Å². The van der Waals surface area contributed by atoms with Gasteiger partial charge in [-0.25, -0.2) is 13.4 Å².